The number of amidine groups is 1. The Labute approximate surface area is 105 Å². The maximum absolute atomic E-state index is 12.5. The maximum Gasteiger partial charge on any atom is 0.389 e. The zero-order valence-electron chi connectivity index (χ0n) is 10.6. The highest BCUT2D eigenvalue weighted by atomic mass is 16.4. The van der Waals surface area contributed by atoms with E-state index < -0.39 is 6.04 Å². The first-order chi connectivity index (χ1) is 8.63. The van der Waals surface area contributed by atoms with Crippen LogP contribution in [-0.4, -0.2) is 47.0 Å². The van der Waals surface area contributed by atoms with Gasteiger partial charge in [0, 0.05) is 6.54 Å². The van der Waals surface area contributed by atoms with Crippen LogP contribution in [0.3, 0.4) is 0 Å². The quantitative estimate of drug-likeness (QED) is 0.518. The molecule has 0 spiro atoms. The van der Waals surface area contributed by atoms with E-state index >= 15 is 0 Å². The lowest BCUT2D eigenvalue weighted by Gasteiger charge is -2.19. The number of amides is 1. The van der Waals surface area contributed by atoms with Crippen molar-refractivity contribution in [1.82, 2.24) is 10.6 Å². The molecule has 0 radical (unpaired) electrons. The lowest BCUT2D eigenvalue weighted by atomic mass is 10.2. The first kappa shape index (κ1) is 11.5. The van der Waals surface area contributed by atoms with Gasteiger partial charge in [-0.3, -0.25) is 10.6 Å². The Morgan fingerprint density at radius 2 is 2.33 bits per heavy atom. The number of carbonyl (C=O) groups excluding carboxylic acids is 1. The summed E-state index contributed by atoms with van der Waals surface area (Å²) in [7, 11) is 0. The topological polar surface area (TPSA) is 73.6 Å². The lowest BCUT2D eigenvalue weighted by molar-refractivity contribution is -1.22. The molecule has 1 amide bonds. The smallest absolute Gasteiger partial charge is 0.277 e. The number of hydrogen-bond donors (Lipinski definition) is 2. The average molecular weight is 251 g/mol. The zero-order chi connectivity index (χ0) is 12.9. The Bertz CT molecular complexity index is 510. The molecule has 3 aliphatic heterocycles. The summed E-state index contributed by atoms with van der Waals surface area (Å²) in [6.07, 6.45) is 0.754. The predicted molar refractivity (Wildman–Crippen MR) is 64.0 cm³/mol. The van der Waals surface area contributed by atoms with E-state index in [0.29, 0.717) is 31.4 Å². The molecule has 0 saturated carbocycles. The Hall–Kier alpha value is -1.60. The number of quaternary nitrogens is 1. The minimum Gasteiger partial charge on any atom is -0.277 e. The van der Waals surface area contributed by atoms with Gasteiger partial charge in [-0.15, -0.1) is 0 Å². The van der Waals surface area contributed by atoms with Gasteiger partial charge in [0.1, 0.15) is 13.2 Å². The third-order valence-corrected chi connectivity index (χ3v) is 3.68. The zero-order valence-corrected chi connectivity index (χ0v) is 10.6. The van der Waals surface area contributed by atoms with Gasteiger partial charge in [-0.25, -0.2) is 9.79 Å². The van der Waals surface area contributed by atoms with Gasteiger partial charge in [-0.05, 0) is 22.8 Å². The molecule has 3 heterocycles. The third kappa shape index (κ3) is 1.15. The summed E-state index contributed by atoms with van der Waals surface area (Å²) in [5, 5.41) is 6.15. The van der Waals surface area contributed by atoms with E-state index in [4.69, 9.17) is 0 Å². The summed E-state index contributed by atoms with van der Waals surface area (Å²) in [5.74, 6) is 0.998. The van der Waals surface area contributed by atoms with Gasteiger partial charge in [0.15, 0.2) is 16.5 Å². The van der Waals surface area contributed by atoms with E-state index in [1.165, 1.54) is 0 Å². The second-order valence-electron chi connectivity index (χ2n) is 4.84. The van der Waals surface area contributed by atoms with Gasteiger partial charge in [0.2, 0.25) is 0 Å². The number of carbonyl (C=O) groups is 1. The highest BCUT2D eigenvalue weighted by Crippen LogP contribution is 2.35. The molecule has 0 aliphatic carbocycles. The van der Waals surface area contributed by atoms with Gasteiger partial charge in [-0.2, -0.15) is 0 Å². The summed E-state index contributed by atoms with van der Waals surface area (Å²) in [5.41, 5.74) is 0.836. The Morgan fingerprint density at radius 1 is 1.56 bits per heavy atom. The van der Waals surface area contributed by atoms with Crippen LogP contribution in [0.2, 0.25) is 0 Å². The molecule has 18 heavy (non-hydrogen) atoms. The summed E-state index contributed by atoms with van der Waals surface area (Å²) < 4.78 is -0.281. The van der Waals surface area contributed by atoms with E-state index in [1.54, 1.807) is 6.92 Å². The number of fused-ring (bicyclic) bond motifs is 2. The Balaban J connectivity index is 2.15. The molecule has 0 fully saturated rings. The highest BCUT2D eigenvalue weighted by molar-refractivity contribution is 6.05. The van der Waals surface area contributed by atoms with Crippen molar-refractivity contribution in [2.24, 2.45) is 4.99 Å². The fourth-order valence-corrected chi connectivity index (χ4v) is 2.92. The van der Waals surface area contributed by atoms with E-state index in [9.17, 15) is 9.70 Å². The van der Waals surface area contributed by atoms with Crippen molar-refractivity contribution >= 4 is 11.7 Å². The largest absolute Gasteiger partial charge is 0.389 e. The SMILES string of the molecule is CCC[N+]12C(=O)C(C)N=C1C1=C(NCNC1)[N+]2=O. The maximum atomic E-state index is 12.5. The Kier molecular flexibility index (Phi) is 2.36. The molecule has 0 bridgehead atoms. The molecule has 3 aliphatic rings. The van der Waals surface area contributed by atoms with Gasteiger partial charge in [0.05, 0.1) is 0 Å². The number of nitrogens with one attached hydrogen (secondary N) is 2. The minimum absolute atomic E-state index is 0.127. The second kappa shape index (κ2) is 3.69. The third-order valence-electron chi connectivity index (χ3n) is 3.68. The molecule has 7 nitrogen and oxygen atoms in total. The van der Waals surface area contributed by atoms with Crippen LogP contribution in [0.1, 0.15) is 20.3 Å². The molecule has 2 unspecified atom stereocenters. The van der Waals surface area contributed by atoms with Gasteiger partial charge in [-0.1, -0.05) is 6.92 Å². The van der Waals surface area contributed by atoms with Gasteiger partial charge >= 0.3 is 11.7 Å². The van der Waals surface area contributed by atoms with Crippen molar-refractivity contribution in [3.05, 3.63) is 16.3 Å². The number of hydrogen-bond acceptors (Lipinski definition) is 5. The monoisotopic (exact) mass is 251 g/mol. The van der Waals surface area contributed by atoms with Crippen LogP contribution in [-0.2, 0) is 4.79 Å². The predicted octanol–water partition coefficient (Wildman–Crippen LogP) is -0.390. The lowest BCUT2D eigenvalue weighted by Crippen LogP contribution is -2.58. The van der Waals surface area contributed by atoms with Crippen LogP contribution in [0.15, 0.2) is 16.4 Å². The van der Waals surface area contributed by atoms with Crippen molar-refractivity contribution in [3.8, 4) is 0 Å². The van der Waals surface area contributed by atoms with Crippen molar-refractivity contribution in [1.29, 1.82) is 0 Å². The molecule has 2 atom stereocenters. The molecule has 0 aromatic heterocycles. The molecule has 0 saturated heterocycles. The molecule has 96 valence electrons. The molecule has 0 aromatic carbocycles. The number of nitroso groups, excluding NO2 is 1. The molecule has 2 N–H and O–H groups in total. The fourth-order valence-electron chi connectivity index (χ4n) is 2.92. The summed E-state index contributed by atoms with van der Waals surface area (Å²) >= 11 is 0. The van der Waals surface area contributed by atoms with Crippen LogP contribution >= 0.6 is 0 Å². The fraction of sp³-hybridized carbons (Fsp3) is 0.636. The molecule has 3 rings (SSSR count). The first-order valence-corrected chi connectivity index (χ1v) is 6.29. The number of aliphatic imine (C=N–C) groups is 1. The Morgan fingerprint density at radius 3 is 3.06 bits per heavy atom. The summed E-state index contributed by atoms with van der Waals surface area (Å²) in [6.45, 7) is 5.32. The van der Waals surface area contributed by atoms with Crippen LogP contribution < -0.4 is 10.6 Å². The molecule has 0 aromatic rings. The standard InChI is InChI=1S/C11H17N5O2/c1-3-4-16-10(14-7(2)11(16)17)8-5-12-6-13-9(8)15(16)18/h7,12-13H,3-6H2,1-2H3/q+2. The van der Waals surface area contributed by atoms with Crippen molar-refractivity contribution in [3.63, 3.8) is 0 Å². The number of rotatable bonds is 2. The van der Waals surface area contributed by atoms with Crippen LogP contribution in [0.4, 0.5) is 0 Å². The van der Waals surface area contributed by atoms with Crippen molar-refractivity contribution in [2.75, 3.05) is 19.8 Å². The average Bonchev–Trinajstić information content (AvgIpc) is 2.76. The normalized spacial score (nSPS) is 34.3. The number of nitrogens with zero attached hydrogens (tertiary/aromatic N) is 3. The first-order valence-electron chi connectivity index (χ1n) is 6.29. The van der Waals surface area contributed by atoms with Crippen molar-refractivity contribution < 1.29 is 14.3 Å². The highest BCUT2D eigenvalue weighted by Gasteiger charge is 2.68. The molecular weight excluding hydrogens is 234 g/mol. The van der Waals surface area contributed by atoms with Gasteiger partial charge in [0.25, 0.3) is 5.84 Å². The summed E-state index contributed by atoms with van der Waals surface area (Å²) in [4.78, 5) is 30.1. The van der Waals surface area contributed by atoms with E-state index in [0.717, 1.165) is 16.9 Å². The van der Waals surface area contributed by atoms with E-state index in [2.05, 4.69) is 15.6 Å². The van der Waals surface area contributed by atoms with Crippen LogP contribution in [0, 0.1) is 4.91 Å². The minimum atomic E-state index is -0.432. The van der Waals surface area contributed by atoms with E-state index in [-0.39, 0.29) is 10.5 Å². The van der Waals surface area contributed by atoms with Gasteiger partial charge < -0.3 is 0 Å². The van der Waals surface area contributed by atoms with Crippen LogP contribution in [0.5, 0.6) is 0 Å². The van der Waals surface area contributed by atoms with Crippen LogP contribution in [0.25, 0.3) is 0 Å². The molecule has 7 heteroatoms. The van der Waals surface area contributed by atoms with Crippen molar-refractivity contribution in [2.45, 2.75) is 26.3 Å². The van der Waals surface area contributed by atoms with E-state index in [1.807, 2.05) is 6.92 Å². The summed E-state index contributed by atoms with van der Waals surface area (Å²) in [6, 6.07) is -0.432. The molecular formula is C11H17N5O2+2. The second-order valence-corrected chi connectivity index (χ2v) is 4.84.